The Morgan fingerprint density at radius 2 is 1.71 bits per heavy atom. The number of hydrogen-bond donors (Lipinski definition) is 1. The fraction of sp³-hybridized carbons (Fsp3) is 0. The molecule has 0 aliphatic rings. The summed E-state index contributed by atoms with van der Waals surface area (Å²) in [5.74, 6) is 6.14. The standard InChI is InChI=1S/C13H11BrN3/c14-13-12(10-6-2-1-3-7-10)17(15)11-8-4-5-9-16(11)13/h1-9H,15H2/q+1. The minimum atomic E-state index is 0.943. The first kappa shape index (κ1) is 10.4. The van der Waals surface area contributed by atoms with Crippen LogP contribution in [0, 0.1) is 0 Å². The maximum atomic E-state index is 6.14. The second kappa shape index (κ2) is 3.89. The van der Waals surface area contributed by atoms with E-state index in [4.69, 9.17) is 5.84 Å². The SMILES string of the molecule is Nn1c(-c2ccccc2)c(Br)[n+]2ccccc12. The molecule has 84 valence electrons. The maximum Gasteiger partial charge on any atom is 0.310 e. The molecule has 0 aliphatic heterocycles. The van der Waals surface area contributed by atoms with Gasteiger partial charge in [0.15, 0.2) is 0 Å². The highest BCUT2D eigenvalue weighted by molar-refractivity contribution is 9.10. The minimum absolute atomic E-state index is 0.943. The summed E-state index contributed by atoms with van der Waals surface area (Å²) >= 11 is 3.60. The van der Waals surface area contributed by atoms with E-state index < -0.39 is 0 Å². The van der Waals surface area contributed by atoms with E-state index in [2.05, 4.69) is 15.9 Å². The van der Waals surface area contributed by atoms with Crippen LogP contribution in [0.5, 0.6) is 0 Å². The van der Waals surface area contributed by atoms with Crippen molar-refractivity contribution in [2.45, 2.75) is 0 Å². The molecule has 2 aromatic heterocycles. The summed E-state index contributed by atoms with van der Waals surface area (Å²) in [6, 6.07) is 16.0. The number of aromatic nitrogens is 2. The zero-order chi connectivity index (χ0) is 11.8. The predicted octanol–water partition coefficient (Wildman–Crippen LogP) is 2.37. The Bertz CT molecular complexity index is 635. The average Bonchev–Trinajstić information content (AvgIpc) is 2.64. The molecule has 1 aromatic carbocycles. The van der Waals surface area contributed by atoms with E-state index >= 15 is 0 Å². The van der Waals surface area contributed by atoms with Crippen LogP contribution in [0.4, 0.5) is 0 Å². The molecule has 3 rings (SSSR count). The fourth-order valence-electron chi connectivity index (χ4n) is 1.98. The maximum absolute atomic E-state index is 6.14. The number of pyridine rings is 1. The smallest absolute Gasteiger partial charge is 0.268 e. The first-order valence-corrected chi connectivity index (χ1v) is 6.09. The lowest BCUT2D eigenvalue weighted by Gasteiger charge is -1.95. The summed E-state index contributed by atoms with van der Waals surface area (Å²) in [6.45, 7) is 0. The van der Waals surface area contributed by atoms with Crippen LogP contribution in [-0.2, 0) is 0 Å². The number of nitrogens with two attached hydrogens (primary N) is 1. The highest BCUT2D eigenvalue weighted by atomic mass is 79.9. The molecule has 0 fully saturated rings. The number of imidazole rings is 1. The summed E-state index contributed by atoms with van der Waals surface area (Å²) in [7, 11) is 0. The molecular formula is C13H11BrN3+. The van der Waals surface area contributed by atoms with Crippen LogP contribution in [0.1, 0.15) is 0 Å². The molecule has 0 amide bonds. The molecule has 17 heavy (non-hydrogen) atoms. The summed E-state index contributed by atoms with van der Waals surface area (Å²) < 4.78 is 4.67. The molecule has 0 unspecified atom stereocenters. The lowest BCUT2D eigenvalue weighted by Crippen LogP contribution is -2.21. The van der Waals surface area contributed by atoms with Crippen molar-refractivity contribution in [2.75, 3.05) is 5.84 Å². The van der Waals surface area contributed by atoms with Crippen LogP contribution in [0.2, 0.25) is 0 Å². The molecule has 0 atom stereocenters. The Labute approximate surface area is 107 Å². The number of fused-ring (bicyclic) bond motifs is 1. The molecule has 0 aliphatic carbocycles. The normalized spacial score (nSPS) is 10.9. The summed E-state index contributed by atoms with van der Waals surface area (Å²) in [5, 5.41) is 0. The lowest BCUT2D eigenvalue weighted by molar-refractivity contribution is -0.522. The molecule has 0 saturated heterocycles. The second-order valence-electron chi connectivity index (χ2n) is 3.80. The van der Waals surface area contributed by atoms with Crippen molar-refractivity contribution >= 4 is 21.6 Å². The van der Waals surface area contributed by atoms with E-state index in [0.29, 0.717) is 0 Å². The minimum Gasteiger partial charge on any atom is -0.268 e. The predicted molar refractivity (Wildman–Crippen MR) is 70.9 cm³/mol. The van der Waals surface area contributed by atoms with Crippen molar-refractivity contribution in [3.05, 3.63) is 59.3 Å². The molecule has 3 aromatic rings. The van der Waals surface area contributed by atoms with Crippen LogP contribution in [0.25, 0.3) is 16.9 Å². The van der Waals surface area contributed by atoms with Crippen molar-refractivity contribution < 1.29 is 4.40 Å². The zero-order valence-corrected chi connectivity index (χ0v) is 10.6. The van der Waals surface area contributed by atoms with Gasteiger partial charge in [0, 0.05) is 27.6 Å². The molecule has 3 nitrogen and oxygen atoms in total. The Morgan fingerprint density at radius 1 is 1.00 bits per heavy atom. The molecule has 0 spiro atoms. The van der Waals surface area contributed by atoms with Gasteiger partial charge in [-0.3, -0.25) is 5.84 Å². The third-order valence-electron chi connectivity index (χ3n) is 2.78. The molecule has 2 N–H and O–H groups in total. The molecule has 0 radical (unpaired) electrons. The fourth-order valence-corrected chi connectivity index (χ4v) is 2.70. The van der Waals surface area contributed by atoms with E-state index in [-0.39, 0.29) is 0 Å². The Hall–Kier alpha value is -1.81. The van der Waals surface area contributed by atoms with Gasteiger partial charge in [0.1, 0.15) is 0 Å². The third kappa shape index (κ3) is 1.52. The largest absolute Gasteiger partial charge is 0.310 e. The van der Waals surface area contributed by atoms with Crippen LogP contribution in [-0.4, -0.2) is 4.68 Å². The Balaban J connectivity index is 2.38. The van der Waals surface area contributed by atoms with E-state index in [0.717, 1.165) is 21.5 Å². The number of nitrogen functional groups attached to an aromatic ring is 1. The highest BCUT2D eigenvalue weighted by Crippen LogP contribution is 2.26. The van der Waals surface area contributed by atoms with Crippen LogP contribution < -0.4 is 10.2 Å². The highest BCUT2D eigenvalue weighted by Gasteiger charge is 2.23. The monoisotopic (exact) mass is 288 g/mol. The van der Waals surface area contributed by atoms with Crippen molar-refractivity contribution in [1.29, 1.82) is 0 Å². The van der Waals surface area contributed by atoms with Crippen molar-refractivity contribution in [1.82, 2.24) is 4.68 Å². The lowest BCUT2D eigenvalue weighted by atomic mass is 10.2. The molecule has 0 saturated carbocycles. The van der Waals surface area contributed by atoms with Gasteiger partial charge in [-0.1, -0.05) is 36.4 Å². The number of halogens is 1. The molecule has 0 bridgehead atoms. The number of nitrogens with zero attached hydrogens (tertiary/aromatic N) is 2. The number of hydrogen-bond acceptors (Lipinski definition) is 1. The molecule has 4 heteroatoms. The number of benzene rings is 1. The van der Waals surface area contributed by atoms with Crippen LogP contribution >= 0.6 is 15.9 Å². The topological polar surface area (TPSA) is 35.0 Å². The van der Waals surface area contributed by atoms with Crippen LogP contribution in [0.15, 0.2) is 59.3 Å². The van der Waals surface area contributed by atoms with Gasteiger partial charge in [0.25, 0.3) is 0 Å². The molecule has 2 heterocycles. The summed E-state index contributed by atoms with van der Waals surface area (Å²) in [4.78, 5) is 0. The van der Waals surface area contributed by atoms with E-state index in [9.17, 15) is 0 Å². The van der Waals surface area contributed by atoms with Gasteiger partial charge in [-0.25, -0.2) is 0 Å². The van der Waals surface area contributed by atoms with Crippen molar-refractivity contribution in [3.63, 3.8) is 0 Å². The van der Waals surface area contributed by atoms with Crippen LogP contribution in [0.3, 0.4) is 0 Å². The van der Waals surface area contributed by atoms with E-state index in [1.54, 1.807) is 4.68 Å². The Morgan fingerprint density at radius 3 is 2.41 bits per heavy atom. The van der Waals surface area contributed by atoms with Gasteiger partial charge in [0.2, 0.25) is 10.3 Å². The second-order valence-corrected chi connectivity index (χ2v) is 4.56. The zero-order valence-electron chi connectivity index (χ0n) is 9.05. The van der Waals surface area contributed by atoms with E-state index in [1.165, 1.54) is 0 Å². The first-order chi connectivity index (χ1) is 8.29. The van der Waals surface area contributed by atoms with Gasteiger partial charge in [0.05, 0.1) is 6.20 Å². The summed E-state index contributed by atoms with van der Waals surface area (Å²) in [5.41, 5.74) is 3.00. The van der Waals surface area contributed by atoms with Gasteiger partial charge < -0.3 is 0 Å². The summed E-state index contributed by atoms with van der Waals surface area (Å²) in [6.07, 6.45) is 1.98. The first-order valence-electron chi connectivity index (χ1n) is 5.30. The van der Waals surface area contributed by atoms with E-state index in [1.807, 2.05) is 59.1 Å². The third-order valence-corrected chi connectivity index (χ3v) is 3.54. The van der Waals surface area contributed by atoms with Gasteiger partial charge >= 0.3 is 5.65 Å². The van der Waals surface area contributed by atoms with Gasteiger partial charge in [-0.2, -0.15) is 4.40 Å². The Kier molecular flexibility index (Phi) is 2.37. The van der Waals surface area contributed by atoms with Gasteiger partial charge in [-0.05, 0) is 6.07 Å². The quantitative estimate of drug-likeness (QED) is 0.542. The van der Waals surface area contributed by atoms with Crippen molar-refractivity contribution in [3.8, 4) is 11.3 Å². The van der Waals surface area contributed by atoms with Gasteiger partial charge in [-0.15, -0.1) is 4.68 Å². The van der Waals surface area contributed by atoms with Crippen molar-refractivity contribution in [2.24, 2.45) is 0 Å². The molecular weight excluding hydrogens is 278 g/mol. The average molecular weight is 289 g/mol. The number of rotatable bonds is 1.